The van der Waals surface area contributed by atoms with Crippen LogP contribution in [-0.2, 0) is 13.2 Å². The van der Waals surface area contributed by atoms with E-state index in [1.54, 1.807) is 12.1 Å². The minimum absolute atomic E-state index is 0.0186. The molecule has 2 nitrogen and oxygen atoms in total. The van der Waals surface area contributed by atoms with E-state index in [1.165, 1.54) is 12.1 Å². The van der Waals surface area contributed by atoms with E-state index in [4.69, 9.17) is 0 Å². The summed E-state index contributed by atoms with van der Waals surface area (Å²) in [5.74, 6) is -0.224. The molecule has 0 heterocycles. The Bertz CT molecular complexity index is 551. The van der Waals surface area contributed by atoms with Crippen LogP contribution in [0.25, 0.3) is 0 Å². The second-order valence-corrected chi connectivity index (χ2v) is 4.77. The van der Waals surface area contributed by atoms with Crippen molar-refractivity contribution < 1.29 is 9.50 Å². The maximum Gasteiger partial charge on any atom is 0.123 e. The zero-order valence-electron chi connectivity index (χ0n) is 11.2. The highest BCUT2D eigenvalue weighted by Gasteiger charge is 2.07. The number of hydrogen-bond donors (Lipinski definition) is 1. The van der Waals surface area contributed by atoms with E-state index in [2.05, 4.69) is 4.90 Å². The summed E-state index contributed by atoms with van der Waals surface area (Å²) in [6.45, 7) is 2.70. The first kappa shape index (κ1) is 13.6. The Morgan fingerprint density at radius 3 is 2.42 bits per heavy atom. The van der Waals surface area contributed by atoms with E-state index >= 15 is 0 Å². The number of hydrogen-bond acceptors (Lipinski definition) is 2. The predicted octanol–water partition coefficient (Wildman–Crippen LogP) is 3.26. The molecule has 3 heteroatoms. The molecule has 100 valence electrons. The van der Waals surface area contributed by atoms with Crippen LogP contribution in [-0.4, -0.2) is 12.2 Å². The summed E-state index contributed by atoms with van der Waals surface area (Å²) in [5, 5.41) is 9.42. The van der Waals surface area contributed by atoms with Gasteiger partial charge in [-0.3, -0.25) is 0 Å². The van der Waals surface area contributed by atoms with Gasteiger partial charge in [0, 0.05) is 24.8 Å². The van der Waals surface area contributed by atoms with Crippen LogP contribution in [0, 0.1) is 12.7 Å². The quantitative estimate of drug-likeness (QED) is 0.911. The summed E-state index contributed by atoms with van der Waals surface area (Å²) in [5.41, 5.74) is 4.07. The summed E-state index contributed by atoms with van der Waals surface area (Å²) in [6.07, 6.45) is 0. The zero-order valence-corrected chi connectivity index (χ0v) is 11.2. The molecule has 0 atom stereocenters. The summed E-state index contributed by atoms with van der Waals surface area (Å²) in [4.78, 5) is 2.05. The lowest BCUT2D eigenvalue weighted by Crippen LogP contribution is -2.18. The average molecular weight is 259 g/mol. The van der Waals surface area contributed by atoms with E-state index < -0.39 is 0 Å². The summed E-state index contributed by atoms with van der Waals surface area (Å²) in [6, 6.07) is 12.5. The van der Waals surface area contributed by atoms with E-state index in [9.17, 15) is 9.50 Å². The van der Waals surface area contributed by atoms with Crippen molar-refractivity contribution >= 4 is 5.69 Å². The van der Waals surface area contributed by atoms with Gasteiger partial charge in [-0.1, -0.05) is 29.8 Å². The lowest BCUT2D eigenvalue weighted by atomic mass is 10.1. The fourth-order valence-electron chi connectivity index (χ4n) is 2.16. The Labute approximate surface area is 113 Å². The molecular weight excluding hydrogens is 241 g/mol. The SMILES string of the molecule is Cc1ccc(N(C)Cc2ccc(F)cc2)c(CO)c1. The number of nitrogens with zero attached hydrogens (tertiary/aromatic N) is 1. The highest BCUT2D eigenvalue weighted by Crippen LogP contribution is 2.22. The van der Waals surface area contributed by atoms with Crippen molar-refractivity contribution in [3.8, 4) is 0 Å². The minimum atomic E-state index is -0.224. The molecule has 0 aliphatic rings. The van der Waals surface area contributed by atoms with Crippen molar-refractivity contribution in [3.05, 3.63) is 65.0 Å². The van der Waals surface area contributed by atoms with Crippen molar-refractivity contribution in [2.45, 2.75) is 20.1 Å². The molecule has 1 N–H and O–H groups in total. The molecule has 0 aromatic heterocycles. The largest absolute Gasteiger partial charge is 0.392 e. The standard InChI is InChI=1S/C16H18FNO/c1-12-3-8-16(14(9-12)11-19)18(2)10-13-4-6-15(17)7-5-13/h3-9,19H,10-11H2,1-2H3. The minimum Gasteiger partial charge on any atom is -0.392 e. The molecule has 2 rings (SSSR count). The van der Waals surface area contributed by atoms with Crippen LogP contribution >= 0.6 is 0 Å². The van der Waals surface area contributed by atoms with Gasteiger partial charge in [0.15, 0.2) is 0 Å². The van der Waals surface area contributed by atoms with Crippen molar-refractivity contribution in [1.82, 2.24) is 0 Å². The van der Waals surface area contributed by atoms with Crippen LogP contribution in [0.4, 0.5) is 10.1 Å². The molecule has 0 unspecified atom stereocenters. The van der Waals surface area contributed by atoms with Gasteiger partial charge >= 0.3 is 0 Å². The van der Waals surface area contributed by atoms with Gasteiger partial charge in [0.05, 0.1) is 6.61 Å². The summed E-state index contributed by atoms with van der Waals surface area (Å²) in [7, 11) is 1.97. The van der Waals surface area contributed by atoms with E-state index in [0.717, 1.165) is 22.4 Å². The Hall–Kier alpha value is -1.87. The van der Waals surface area contributed by atoms with E-state index in [-0.39, 0.29) is 12.4 Å². The molecule has 0 bridgehead atoms. The fourth-order valence-corrected chi connectivity index (χ4v) is 2.16. The first-order valence-electron chi connectivity index (χ1n) is 6.26. The number of aryl methyl sites for hydroxylation is 1. The Morgan fingerprint density at radius 1 is 1.11 bits per heavy atom. The van der Waals surface area contributed by atoms with Gasteiger partial charge in [0.25, 0.3) is 0 Å². The first-order chi connectivity index (χ1) is 9.10. The normalized spacial score (nSPS) is 10.5. The number of halogens is 1. The molecule has 0 fully saturated rings. The van der Waals surface area contributed by atoms with Crippen molar-refractivity contribution in [2.24, 2.45) is 0 Å². The zero-order chi connectivity index (χ0) is 13.8. The third kappa shape index (κ3) is 3.32. The smallest absolute Gasteiger partial charge is 0.123 e. The maximum atomic E-state index is 12.9. The molecule has 0 radical (unpaired) electrons. The second-order valence-electron chi connectivity index (χ2n) is 4.77. The van der Waals surface area contributed by atoms with Crippen LogP contribution in [0.1, 0.15) is 16.7 Å². The fraction of sp³-hybridized carbons (Fsp3) is 0.250. The van der Waals surface area contributed by atoms with Crippen LogP contribution < -0.4 is 4.90 Å². The molecule has 0 aliphatic carbocycles. The molecule has 0 spiro atoms. The van der Waals surface area contributed by atoms with Crippen molar-refractivity contribution in [3.63, 3.8) is 0 Å². The van der Waals surface area contributed by atoms with Gasteiger partial charge < -0.3 is 10.0 Å². The van der Waals surface area contributed by atoms with Crippen LogP contribution in [0.2, 0.25) is 0 Å². The van der Waals surface area contributed by atoms with E-state index in [1.807, 2.05) is 32.2 Å². The Balaban J connectivity index is 2.19. The predicted molar refractivity (Wildman–Crippen MR) is 75.6 cm³/mol. The molecule has 19 heavy (non-hydrogen) atoms. The Morgan fingerprint density at radius 2 is 1.79 bits per heavy atom. The molecule has 2 aromatic rings. The average Bonchev–Trinajstić information content (AvgIpc) is 2.41. The molecule has 0 saturated carbocycles. The lowest BCUT2D eigenvalue weighted by Gasteiger charge is -2.22. The number of aliphatic hydroxyl groups is 1. The van der Waals surface area contributed by atoms with Crippen molar-refractivity contribution in [1.29, 1.82) is 0 Å². The highest BCUT2D eigenvalue weighted by molar-refractivity contribution is 5.54. The molecule has 0 amide bonds. The molecule has 2 aromatic carbocycles. The number of aliphatic hydroxyl groups excluding tert-OH is 1. The van der Waals surface area contributed by atoms with Crippen LogP contribution in [0.3, 0.4) is 0 Å². The topological polar surface area (TPSA) is 23.5 Å². The summed E-state index contributed by atoms with van der Waals surface area (Å²) < 4.78 is 12.9. The van der Waals surface area contributed by atoms with Gasteiger partial charge in [-0.2, -0.15) is 0 Å². The third-order valence-electron chi connectivity index (χ3n) is 3.15. The first-order valence-corrected chi connectivity index (χ1v) is 6.26. The molecule has 0 aliphatic heterocycles. The third-order valence-corrected chi connectivity index (χ3v) is 3.15. The number of anilines is 1. The van der Waals surface area contributed by atoms with Gasteiger partial charge in [-0.15, -0.1) is 0 Å². The number of rotatable bonds is 4. The molecule has 0 saturated heterocycles. The highest BCUT2D eigenvalue weighted by atomic mass is 19.1. The summed E-state index contributed by atoms with van der Waals surface area (Å²) >= 11 is 0. The van der Waals surface area contributed by atoms with Gasteiger partial charge in [0.2, 0.25) is 0 Å². The van der Waals surface area contributed by atoms with Crippen LogP contribution in [0.15, 0.2) is 42.5 Å². The Kier molecular flexibility index (Phi) is 4.17. The second kappa shape index (κ2) is 5.85. The maximum absolute atomic E-state index is 12.9. The number of benzene rings is 2. The van der Waals surface area contributed by atoms with Gasteiger partial charge in [0.1, 0.15) is 5.82 Å². The van der Waals surface area contributed by atoms with Crippen LogP contribution in [0.5, 0.6) is 0 Å². The van der Waals surface area contributed by atoms with Gasteiger partial charge in [-0.25, -0.2) is 4.39 Å². The monoisotopic (exact) mass is 259 g/mol. The van der Waals surface area contributed by atoms with Crippen molar-refractivity contribution in [2.75, 3.05) is 11.9 Å². The lowest BCUT2D eigenvalue weighted by molar-refractivity contribution is 0.282. The molecular formula is C16H18FNO. The van der Waals surface area contributed by atoms with E-state index in [0.29, 0.717) is 6.54 Å². The van der Waals surface area contributed by atoms with Gasteiger partial charge in [-0.05, 0) is 30.7 Å².